The molecule has 1 N–H and O–H groups in total. The largest absolute Gasteiger partial charge is 0.448 e. The second kappa shape index (κ2) is 6.42. The molecule has 0 heterocycles. The highest BCUT2D eigenvalue weighted by atomic mass is 16.6. The Morgan fingerprint density at radius 1 is 1.13 bits per heavy atom. The van der Waals surface area contributed by atoms with E-state index in [0.29, 0.717) is 6.61 Å². The Kier molecular flexibility index (Phi) is 4.35. The van der Waals surface area contributed by atoms with E-state index in [1.54, 1.807) is 14.0 Å². The minimum Gasteiger partial charge on any atom is -0.448 e. The first-order valence-electron chi connectivity index (χ1n) is 7.82. The van der Waals surface area contributed by atoms with Crippen molar-refractivity contribution in [3.63, 3.8) is 0 Å². The van der Waals surface area contributed by atoms with Crippen LogP contribution in [0, 0.1) is 0 Å². The molecule has 2 aromatic rings. The van der Waals surface area contributed by atoms with E-state index in [0.717, 1.165) is 0 Å². The maximum atomic E-state index is 12.1. The van der Waals surface area contributed by atoms with Crippen molar-refractivity contribution in [2.24, 2.45) is 0 Å². The lowest BCUT2D eigenvalue weighted by molar-refractivity contribution is 0.0863. The van der Waals surface area contributed by atoms with Crippen LogP contribution in [-0.4, -0.2) is 42.4 Å². The summed E-state index contributed by atoms with van der Waals surface area (Å²) in [4.78, 5) is 13.5. The number of aliphatic hydroxyl groups is 1. The molecule has 1 atom stereocenters. The van der Waals surface area contributed by atoms with Crippen molar-refractivity contribution in [2.45, 2.75) is 18.9 Å². The van der Waals surface area contributed by atoms with Gasteiger partial charge in [0.25, 0.3) is 0 Å². The van der Waals surface area contributed by atoms with Crippen molar-refractivity contribution in [1.29, 1.82) is 0 Å². The van der Waals surface area contributed by atoms with Gasteiger partial charge >= 0.3 is 6.09 Å². The summed E-state index contributed by atoms with van der Waals surface area (Å²) in [5.41, 5.74) is 4.81. The highest BCUT2D eigenvalue weighted by molar-refractivity contribution is 5.79. The summed E-state index contributed by atoms with van der Waals surface area (Å²) < 4.78 is 5.48. The maximum absolute atomic E-state index is 12.1. The lowest BCUT2D eigenvalue weighted by atomic mass is 9.98. The van der Waals surface area contributed by atoms with Gasteiger partial charge in [-0.25, -0.2) is 4.79 Å². The molecular formula is C19H21NO3. The average molecular weight is 311 g/mol. The number of carbonyl (C=O) groups excluding carboxylic acids is 1. The van der Waals surface area contributed by atoms with Crippen LogP contribution >= 0.6 is 0 Å². The molecule has 2 aromatic carbocycles. The molecule has 0 unspecified atom stereocenters. The van der Waals surface area contributed by atoms with Gasteiger partial charge in [-0.1, -0.05) is 48.5 Å². The summed E-state index contributed by atoms with van der Waals surface area (Å²) in [6.45, 7) is 2.21. The number of likely N-dealkylation sites (N-methyl/N-ethyl adjacent to an activating group) is 1. The molecule has 3 rings (SSSR count). The van der Waals surface area contributed by atoms with E-state index >= 15 is 0 Å². The van der Waals surface area contributed by atoms with Gasteiger partial charge in [0.2, 0.25) is 0 Å². The van der Waals surface area contributed by atoms with Crippen molar-refractivity contribution in [3.05, 3.63) is 59.7 Å². The van der Waals surface area contributed by atoms with Crippen molar-refractivity contribution < 1.29 is 14.6 Å². The second-order valence-corrected chi connectivity index (χ2v) is 6.03. The number of nitrogens with zero attached hydrogens (tertiary/aromatic N) is 1. The van der Waals surface area contributed by atoms with Crippen LogP contribution in [0.4, 0.5) is 4.79 Å². The Labute approximate surface area is 136 Å². The molecule has 0 spiro atoms. The lowest BCUT2D eigenvalue weighted by Gasteiger charge is -2.20. The molecule has 4 nitrogen and oxygen atoms in total. The van der Waals surface area contributed by atoms with E-state index in [9.17, 15) is 9.90 Å². The smallest absolute Gasteiger partial charge is 0.409 e. The van der Waals surface area contributed by atoms with Crippen LogP contribution < -0.4 is 0 Å². The molecule has 23 heavy (non-hydrogen) atoms. The summed E-state index contributed by atoms with van der Waals surface area (Å²) in [5.74, 6) is 0.0614. The molecule has 0 saturated heterocycles. The zero-order chi connectivity index (χ0) is 16.4. The molecular weight excluding hydrogens is 290 g/mol. The number of benzene rings is 2. The molecule has 0 saturated carbocycles. The zero-order valence-electron chi connectivity index (χ0n) is 13.4. The van der Waals surface area contributed by atoms with Crippen molar-refractivity contribution >= 4 is 6.09 Å². The molecule has 1 amide bonds. The quantitative estimate of drug-likeness (QED) is 0.943. The van der Waals surface area contributed by atoms with E-state index in [-0.39, 0.29) is 12.5 Å². The summed E-state index contributed by atoms with van der Waals surface area (Å²) >= 11 is 0. The lowest BCUT2D eigenvalue weighted by Crippen LogP contribution is -2.34. The molecule has 1 aliphatic carbocycles. The minimum absolute atomic E-state index is 0.0614. The van der Waals surface area contributed by atoms with Gasteiger partial charge in [0.15, 0.2) is 0 Å². The number of carbonyl (C=O) groups is 1. The van der Waals surface area contributed by atoms with Crippen LogP contribution in [0.15, 0.2) is 48.5 Å². The zero-order valence-corrected chi connectivity index (χ0v) is 13.4. The monoisotopic (exact) mass is 311 g/mol. The first-order valence-corrected chi connectivity index (χ1v) is 7.82. The van der Waals surface area contributed by atoms with E-state index in [1.165, 1.54) is 27.2 Å². The predicted molar refractivity (Wildman–Crippen MR) is 89.4 cm³/mol. The van der Waals surface area contributed by atoms with Gasteiger partial charge in [0, 0.05) is 19.5 Å². The first kappa shape index (κ1) is 15.6. The molecule has 120 valence electrons. The third-order valence-corrected chi connectivity index (χ3v) is 4.19. The fourth-order valence-corrected chi connectivity index (χ4v) is 3.18. The summed E-state index contributed by atoms with van der Waals surface area (Å²) in [6, 6.07) is 16.5. The first-order chi connectivity index (χ1) is 11.1. The topological polar surface area (TPSA) is 49.8 Å². The Balaban J connectivity index is 1.77. The molecule has 0 aromatic heterocycles. The fourth-order valence-electron chi connectivity index (χ4n) is 3.18. The Hall–Kier alpha value is -2.33. The normalized spacial score (nSPS) is 14.0. The van der Waals surface area contributed by atoms with Gasteiger partial charge in [-0.3, -0.25) is 0 Å². The van der Waals surface area contributed by atoms with E-state index < -0.39 is 12.2 Å². The van der Waals surface area contributed by atoms with Crippen LogP contribution in [0.1, 0.15) is 24.0 Å². The predicted octanol–water partition coefficient (Wildman–Crippen LogP) is 3.25. The Morgan fingerprint density at radius 3 is 2.17 bits per heavy atom. The van der Waals surface area contributed by atoms with Gasteiger partial charge in [-0.15, -0.1) is 0 Å². The number of rotatable bonds is 4. The molecule has 0 bridgehead atoms. The van der Waals surface area contributed by atoms with Crippen molar-refractivity contribution in [3.8, 4) is 11.1 Å². The van der Waals surface area contributed by atoms with Gasteiger partial charge < -0.3 is 14.7 Å². The SMILES string of the molecule is C[C@@H](O)CN(C)C(=O)OCC1c2ccccc2-c2ccccc21. The number of fused-ring (bicyclic) bond motifs is 3. The fraction of sp³-hybridized carbons (Fsp3) is 0.316. The van der Waals surface area contributed by atoms with Crippen molar-refractivity contribution in [1.82, 2.24) is 4.90 Å². The van der Waals surface area contributed by atoms with Gasteiger partial charge in [-0.2, -0.15) is 0 Å². The molecule has 0 radical (unpaired) electrons. The average Bonchev–Trinajstić information content (AvgIpc) is 2.86. The van der Waals surface area contributed by atoms with E-state index in [1.807, 2.05) is 24.3 Å². The third kappa shape index (κ3) is 3.08. The number of hydrogen-bond donors (Lipinski definition) is 1. The summed E-state index contributed by atoms with van der Waals surface area (Å²) in [6.07, 6.45) is -0.978. The second-order valence-electron chi connectivity index (χ2n) is 6.03. The standard InChI is InChI=1S/C19H21NO3/c1-13(21)11-20(2)19(22)23-12-18-16-9-5-3-7-14(16)15-8-4-6-10-17(15)18/h3-10,13,18,21H,11-12H2,1-2H3/t13-/m1/s1. The van der Waals surface area contributed by atoms with Crippen LogP contribution in [0.3, 0.4) is 0 Å². The summed E-state index contributed by atoms with van der Waals surface area (Å²) in [5, 5.41) is 9.36. The number of amides is 1. The summed E-state index contributed by atoms with van der Waals surface area (Å²) in [7, 11) is 1.63. The van der Waals surface area contributed by atoms with Crippen LogP contribution in [0.2, 0.25) is 0 Å². The van der Waals surface area contributed by atoms with Crippen LogP contribution in [-0.2, 0) is 4.74 Å². The van der Waals surface area contributed by atoms with Crippen molar-refractivity contribution in [2.75, 3.05) is 20.2 Å². The number of hydrogen-bond acceptors (Lipinski definition) is 3. The van der Waals surface area contributed by atoms with Crippen LogP contribution in [0.5, 0.6) is 0 Å². The maximum Gasteiger partial charge on any atom is 0.409 e. The molecule has 4 heteroatoms. The van der Waals surface area contributed by atoms with Gasteiger partial charge in [0.1, 0.15) is 6.61 Å². The van der Waals surface area contributed by atoms with E-state index in [4.69, 9.17) is 4.74 Å². The van der Waals surface area contributed by atoms with Gasteiger partial charge in [-0.05, 0) is 29.2 Å². The Morgan fingerprint density at radius 2 is 1.65 bits per heavy atom. The van der Waals surface area contributed by atoms with Gasteiger partial charge in [0.05, 0.1) is 6.10 Å². The highest BCUT2D eigenvalue weighted by Gasteiger charge is 2.29. The number of ether oxygens (including phenoxy) is 1. The molecule has 1 aliphatic rings. The number of aliphatic hydroxyl groups excluding tert-OH is 1. The third-order valence-electron chi connectivity index (χ3n) is 4.19. The Bertz CT molecular complexity index is 666. The minimum atomic E-state index is -0.569. The van der Waals surface area contributed by atoms with Crippen LogP contribution in [0.25, 0.3) is 11.1 Å². The highest BCUT2D eigenvalue weighted by Crippen LogP contribution is 2.44. The molecule has 0 fully saturated rings. The van der Waals surface area contributed by atoms with E-state index in [2.05, 4.69) is 24.3 Å². The molecule has 0 aliphatic heterocycles.